The number of aromatic nitrogens is 3. The average Bonchev–Trinajstić information content (AvgIpc) is 2.98. The van der Waals surface area contributed by atoms with Gasteiger partial charge in [0, 0.05) is 12.5 Å². The second kappa shape index (κ2) is 6.74. The Morgan fingerprint density at radius 3 is 2.71 bits per heavy atom. The van der Waals surface area contributed by atoms with E-state index in [-0.39, 0.29) is 0 Å². The standard InChI is InChI=1S/C13H24N4/c14-10-6-2-1-3-9-13-16-15-11-17(13)12-7-4-5-8-12/h11-12H,1-10,14H2. The van der Waals surface area contributed by atoms with Crippen molar-refractivity contribution in [3.8, 4) is 0 Å². The molecule has 0 bridgehead atoms. The first-order valence-electron chi connectivity index (χ1n) is 7.00. The van der Waals surface area contributed by atoms with E-state index in [1.54, 1.807) is 0 Å². The van der Waals surface area contributed by atoms with Gasteiger partial charge in [0.25, 0.3) is 0 Å². The van der Waals surface area contributed by atoms with E-state index in [0.717, 1.165) is 19.4 Å². The van der Waals surface area contributed by atoms with Crippen LogP contribution in [0.1, 0.15) is 63.2 Å². The molecule has 17 heavy (non-hydrogen) atoms. The predicted octanol–water partition coefficient (Wildman–Crippen LogP) is 2.45. The van der Waals surface area contributed by atoms with Gasteiger partial charge in [0.2, 0.25) is 0 Å². The largest absolute Gasteiger partial charge is 0.330 e. The summed E-state index contributed by atoms with van der Waals surface area (Å²) in [5.74, 6) is 1.18. The Morgan fingerprint density at radius 2 is 1.94 bits per heavy atom. The Hall–Kier alpha value is -0.900. The predicted molar refractivity (Wildman–Crippen MR) is 68.8 cm³/mol. The van der Waals surface area contributed by atoms with Gasteiger partial charge >= 0.3 is 0 Å². The molecule has 1 aliphatic carbocycles. The first-order valence-corrected chi connectivity index (χ1v) is 7.00. The molecule has 2 N–H and O–H groups in total. The van der Waals surface area contributed by atoms with Gasteiger partial charge in [-0.15, -0.1) is 10.2 Å². The van der Waals surface area contributed by atoms with Crippen LogP contribution in [0.4, 0.5) is 0 Å². The first-order chi connectivity index (χ1) is 8.42. The first kappa shape index (κ1) is 12.6. The molecule has 1 saturated carbocycles. The summed E-state index contributed by atoms with van der Waals surface area (Å²) in [6.07, 6.45) is 13.2. The monoisotopic (exact) mass is 236 g/mol. The summed E-state index contributed by atoms with van der Waals surface area (Å²) in [5, 5.41) is 8.34. The Morgan fingerprint density at radius 1 is 1.18 bits per heavy atom. The minimum absolute atomic E-state index is 0.670. The third-order valence-electron chi connectivity index (χ3n) is 3.72. The van der Waals surface area contributed by atoms with Crippen molar-refractivity contribution >= 4 is 0 Å². The van der Waals surface area contributed by atoms with E-state index in [0.29, 0.717) is 6.04 Å². The number of unbranched alkanes of at least 4 members (excludes halogenated alkanes) is 3. The Labute approximate surface area is 104 Å². The van der Waals surface area contributed by atoms with E-state index < -0.39 is 0 Å². The minimum Gasteiger partial charge on any atom is -0.330 e. The summed E-state index contributed by atoms with van der Waals surface area (Å²) >= 11 is 0. The molecular formula is C13H24N4. The smallest absolute Gasteiger partial charge is 0.133 e. The highest BCUT2D eigenvalue weighted by molar-refractivity contribution is 4.91. The normalized spacial score (nSPS) is 16.8. The van der Waals surface area contributed by atoms with Gasteiger partial charge in [-0.3, -0.25) is 0 Å². The lowest BCUT2D eigenvalue weighted by molar-refractivity contribution is 0.489. The molecule has 96 valence electrons. The number of aryl methyl sites for hydroxylation is 1. The Bertz CT molecular complexity index is 315. The second-order valence-corrected chi connectivity index (χ2v) is 5.05. The van der Waals surface area contributed by atoms with Crippen molar-refractivity contribution in [2.75, 3.05) is 6.54 Å². The van der Waals surface area contributed by atoms with Crippen LogP contribution < -0.4 is 5.73 Å². The third-order valence-corrected chi connectivity index (χ3v) is 3.72. The van der Waals surface area contributed by atoms with Crippen molar-refractivity contribution in [1.82, 2.24) is 14.8 Å². The summed E-state index contributed by atoms with van der Waals surface area (Å²) in [6, 6.07) is 0.670. The van der Waals surface area contributed by atoms with Gasteiger partial charge in [0.05, 0.1) is 0 Å². The van der Waals surface area contributed by atoms with Gasteiger partial charge in [-0.1, -0.05) is 25.7 Å². The second-order valence-electron chi connectivity index (χ2n) is 5.05. The SMILES string of the molecule is NCCCCCCc1nncn1C1CCCC1. The highest BCUT2D eigenvalue weighted by Crippen LogP contribution is 2.30. The van der Waals surface area contributed by atoms with Gasteiger partial charge in [-0.2, -0.15) is 0 Å². The highest BCUT2D eigenvalue weighted by atomic mass is 15.3. The number of nitrogens with zero attached hydrogens (tertiary/aromatic N) is 3. The third kappa shape index (κ3) is 3.53. The average molecular weight is 236 g/mol. The zero-order valence-electron chi connectivity index (χ0n) is 10.6. The molecule has 1 heterocycles. The summed E-state index contributed by atoms with van der Waals surface area (Å²) in [4.78, 5) is 0. The lowest BCUT2D eigenvalue weighted by Crippen LogP contribution is -2.08. The zero-order valence-corrected chi connectivity index (χ0v) is 10.6. The molecular weight excluding hydrogens is 212 g/mol. The molecule has 1 aromatic rings. The van der Waals surface area contributed by atoms with Crippen LogP contribution in [0, 0.1) is 0 Å². The van der Waals surface area contributed by atoms with E-state index in [9.17, 15) is 0 Å². The molecule has 0 aliphatic heterocycles. The molecule has 1 aromatic heterocycles. The van der Waals surface area contributed by atoms with Crippen LogP contribution in [0.3, 0.4) is 0 Å². The van der Waals surface area contributed by atoms with Crippen LogP contribution in [0.2, 0.25) is 0 Å². The summed E-state index contributed by atoms with van der Waals surface area (Å²) in [7, 11) is 0. The fraction of sp³-hybridized carbons (Fsp3) is 0.846. The number of rotatable bonds is 7. The van der Waals surface area contributed by atoms with Crippen LogP contribution in [0.5, 0.6) is 0 Å². The van der Waals surface area contributed by atoms with Crippen LogP contribution in [-0.2, 0) is 6.42 Å². The molecule has 0 aromatic carbocycles. The molecule has 0 unspecified atom stereocenters. The van der Waals surface area contributed by atoms with Crippen molar-refractivity contribution in [3.05, 3.63) is 12.2 Å². The summed E-state index contributed by atoms with van der Waals surface area (Å²) in [5.41, 5.74) is 5.49. The van der Waals surface area contributed by atoms with Crippen LogP contribution in [0.25, 0.3) is 0 Å². The van der Waals surface area contributed by atoms with Crippen molar-refractivity contribution in [2.45, 2.75) is 63.8 Å². The maximum absolute atomic E-state index is 5.49. The summed E-state index contributed by atoms with van der Waals surface area (Å²) < 4.78 is 2.32. The zero-order chi connectivity index (χ0) is 11.9. The van der Waals surface area contributed by atoms with Gasteiger partial charge in [0.1, 0.15) is 12.2 Å². The van der Waals surface area contributed by atoms with Crippen LogP contribution in [0.15, 0.2) is 6.33 Å². The van der Waals surface area contributed by atoms with E-state index in [2.05, 4.69) is 14.8 Å². The number of hydrogen-bond donors (Lipinski definition) is 1. The van der Waals surface area contributed by atoms with Crippen molar-refractivity contribution in [3.63, 3.8) is 0 Å². The lowest BCUT2D eigenvalue weighted by atomic mass is 10.1. The Balaban J connectivity index is 1.78. The lowest BCUT2D eigenvalue weighted by Gasteiger charge is -2.13. The number of hydrogen-bond acceptors (Lipinski definition) is 3. The summed E-state index contributed by atoms with van der Waals surface area (Å²) in [6.45, 7) is 0.818. The van der Waals surface area contributed by atoms with Gasteiger partial charge in [-0.05, 0) is 32.2 Å². The van der Waals surface area contributed by atoms with Crippen LogP contribution in [-0.4, -0.2) is 21.3 Å². The molecule has 0 amide bonds. The molecule has 2 rings (SSSR count). The van der Waals surface area contributed by atoms with Crippen molar-refractivity contribution in [1.29, 1.82) is 0 Å². The molecule has 4 nitrogen and oxygen atoms in total. The van der Waals surface area contributed by atoms with E-state index in [1.807, 2.05) is 6.33 Å². The molecule has 4 heteroatoms. The molecule has 0 spiro atoms. The molecule has 1 aliphatic rings. The van der Waals surface area contributed by atoms with E-state index in [1.165, 1.54) is 50.8 Å². The maximum Gasteiger partial charge on any atom is 0.133 e. The molecule has 0 atom stereocenters. The van der Waals surface area contributed by atoms with Crippen molar-refractivity contribution in [2.24, 2.45) is 5.73 Å². The quantitative estimate of drug-likeness (QED) is 0.740. The van der Waals surface area contributed by atoms with Crippen molar-refractivity contribution < 1.29 is 0 Å². The fourth-order valence-electron chi connectivity index (χ4n) is 2.71. The molecule has 0 saturated heterocycles. The van der Waals surface area contributed by atoms with Gasteiger partial charge in [0.15, 0.2) is 0 Å². The van der Waals surface area contributed by atoms with Gasteiger partial charge in [-0.25, -0.2) is 0 Å². The minimum atomic E-state index is 0.670. The Kier molecular flexibility index (Phi) is 4.98. The topological polar surface area (TPSA) is 56.7 Å². The van der Waals surface area contributed by atoms with E-state index >= 15 is 0 Å². The maximum atomic E-state index is 5.49. The molecule has 0 radical (unpaired) electrons. The fourth-order valence-corrected chi connectivity index (χ4v) is 2.71. The molecule has 1 fully saturated rings. The van der Waals surface area contributed by atoms with E-state index in [4.69, 9.17) is 5.73 Å². The highest BCUT2D eigenvalue weighted by Gasteiger charge is 2.19. The number of nitrogens with two attached hydrogens (primary N) is 1. The van der Waals surface area contributed by atoms with Gasteiger partial charge < -0.3 is 10.3 Å². The van der Waals surface area contributed by atoms with Crippen LogP contribution >= 0.6 is 0 Å².